The highest BCUT2D eigenvalue weighted by atomic mass is 16.5. The van der Waals surface area contributed by atoms with Crippen LogP contribution >= 0.6 is 0 Å². The van der Waals surface area contributed by atoms with Gasteiger partial charge in [0.2, 0.25) is 0 Å². The van der Waals surface area contributed by atoms with Crippen LogP contribution in [-0.2, 0) is 4.74 Å². The summed E-state index contributed by atoms with van der Waals surface area (Å²) < 4.78 is 4.81. The molecule has 0 bridgehead atoms. The van der Waals surface area contributed by atoms with Crippen molar-refractivity contribution in [2.45, 2.75) is 77.8 Å². The number of ether oxygens (including phenoxy) is 1. The topological polar surface area (TPSA) is 71.2 Å². The number of nitrogens with one attached hydrogen (secondary N) is 2. The third-order valence-corrected chi connectivity index (χ3v) is 5.06. The summed E-state index contributed by atoms with van der Waals surface area (Å²) in [5, 5.41) is 3.50. The lowest BCUT2D eigenvalue weighted by Crippen LogP contribution is -2.42. The van der Waals surface area contributed by atoms with Crippen LogP contribution in [0.15, 0.2) is 0 Å². The van der Waals surface area contributed by atoms with Gasteiger partial charge in [-0.3, -0.25) is 4.79 Å². The summed E-state index contributed by atoms with van der Waals surface area (Å²) in [5.74, 6) is -0.395. The summed E-state index contributed by atoms with van der Waals surface area (Å²) in [6.45, 7) is 5.50. The lowest BCUT2D eigenvalue weighted by molar-refractivity contribution is 0.0599. The van der Waals surface area contributed by atoms with Crippen LogP contribution in [0.4, 0.5) is 0 Å². The molecule has 0 radical (unpaired) electrons. The van der Waals surface area contributed by atoms with Gasteiger partial charge in [0.05, 0.1) is 24.4 Å². The Kier molecular flexibility index (Phi) is 6.60. The van der Waals surface area contributed by atoms with E-state index in [-0.39, 0.29) is 11.8 Å². The molecule has 5 heteroatoms. The Labute approximate surface area is 144 Å². The number of ketones is 1. The van der Waals surface area contributed by atoms with Gasteiger partial charge < -0.3 is 15.0 Å². The van der Waals surface area contributed by atoms with Crippen LogP contribution in [0.1, 0.15) is 84.0 Å². The van der Waals surface area contributed by atoms with Crippen molar-refractivity contribution in [2.75, 3.05) is 7.11 Å². The molecule has 1 saturated carbocycles. The van der Waals surface area contributed by atoms with Crippen LogP contribution in [0.25, 0.3) is 0 Å². The smallest absolute Gasteiger partial charge is 0.339 e. The second-order valence-corrected chi connectivity index (χ2v) is 6.91. The number of aromatic amines is 1. The Morgan fingerprint density at radius 2 is 1.71 bits per heavy atom. The van der Waals surface area contributed by atoms with Crippen LogP contribution in [-0.4, -0.2) is 35.9 Å². The zero-order valence-corrected chi connectivity index (χ0v) is 15.3. The average molecular weight is 334 g/mol. The number of Topliss-reactive ketones (excluding diaryl/α,β-unsaturated/α-hetero) is 1. The Balaban J connectivity index is 2.08. The van der Waals surface area contributed by atoms with Crippen molar-refractivity contribution in [3.63, 3.8) is 0 Å². The number of aromatic nitrogens is 1. The fourth-order valence-electron chi connectivity index (χ4n) is 3.67. The average Bonchev–Trinajstić information content (AvgIpc) is 2.83. The predicted octanol–water partition coefficient (Wildman–Crippen LogP) is 3.69. The molecular weight excluding hydrogens is 304 g/mol. The van der Waals surface area contributed by atoms with Crippen LogP contribution in [0.3, 0.4) is 0 Å². The lowest BCUT2D eigenvalue weighted by atomic mass is 9.95. The maximum Gasteiger partial charge on any atom is 0.339 e. The van der Waals surface area contributed by atoms with E-state index >= 15 is 0 Å². The van der Waals surface area contributed by atoms with Gasteiger partial charge in [0.25, 0.3) is 0 Å². The first-order valence-corrected chi connectivity index (χ1v) is 9.03. The maximum atomic E-state index is 12.8. The molecule has 0 saturated heterocycles. The van der Waals surface area contributed by atoms with E-state index < -0.39 is 5.97 Å². The van der Waals surface area contributed by atoms with Crippen molar-refractivity contribution in [3.05, 3.63) is 22.5 Å². The van der Waals surface area contributed by atoms with Gasteiger partial charge >= 0.3 is 5.97 Å². The number of methoxy groups -OCH3 is 1. The fraction of sp³-hybridized carbons (Fsp3) is 0.684. The van der Waals surface area contributed by atoms with Crippen molar-refractivity contribution in [3.8, 4) is 0 Å². The van der Waals surface area contributed by atoms with Crippen LogP contribution in [0, 0.1) is 13.8 Å². The van der Waals surface area contributed by atoms with Crippen LogP contribution in [0.5, 0.6) is 0 Å². The van der Waals surface area contributed by atoms with E-state index in [4.69, 9.17) is 4.74 Å². The second kappa shape index (κ2) is 8.47. The number of hydrogen-bond acceptors (Lipinski definition) is 4. The number of carbonyl (C=O) groups excluding carboxylic acids is 2. The molecule has 2 N–H and O–H groups in total. The molecule has 0 unspecified atom stereocenters. The standard InChI is InChI=1S/C19H30N2O3/c1-12-16(19(23)24-4)13(2)21-17(12)18(22)14(3)20-15-10-8-6-5-7-9-11-15/h14-15,20-21H,5-11H2,1-4H3/t14-/m1/s1. The first-order chi connectivity index (χ1) is 11.5. The summed E-state index contributed by atoms with van der Waals surface area (Å²) in [6, 6.07) is 0.136. The number of aryl methyl sites for hydroxylation is 1. The Morgan fingerprint density at radius 1 is 1.12 bits per heavy atom. The zero-order valence-electron chi connectivity index (χ0n) is 15.3. The van der Waals surface area contributed by atoms with Gasteiger partial charge in [-0.25, -0.2) is 4.79 Å². The summed E-state index contributed by atoms with van der Waals surface area (Å²) in [4.78, 5) is 27.8. The predicted molar refractivity (Wildman–Crippen MR) is 94.6 cm³/mol. The Bertz CT molecular complexity index is 584. The first-order valence-electron chi connectivity index (χ1n) is 9.03. The lowest BCUT2D eigenvalue weighted by Gasteiger charge is -2.24. The zero-order chi connectivity index (χ0) is 17.7. The molecule has 5 nitrogen and oxygen atoms in total. The molecule has 1 aromatic heterocycles. The minimum atomic E-state index is -0.402. The number of esters is 1. The summed E-state index contributed by atoms with van der Waals surface area (Å²) in [7, 11) is 1.36. The normalized spacial score (nSPS) is 17.8. The van der Waals surface area contributed by atoms with E-state index in [2.05, 4.69) is 10.3 Å². The van der Waals surface area contributed by atoms with Crippen molar-refractivity contribution in [2.24, 2.45) is 0 Å². The molecule has 1 aliphatic rings. The summed E-state index contributed by atoms with van der Waals surface area (Å²) in [6.07, 6.45) is 8.63. The third kappa shape index (κ3) is 4.26. The molecular formula is C19H30N2O3. The monoisotopic (exact) mass is 334 g/mol. The Morgan fingerprint density at radius 3 is 2.29 bits per heavy atom. The molecule has 24 heavy (non-hydrogen) atoms. The quantitative estimate of drug-likeness (QED) is 0.636. The molecule has 0 aliphatic heterocycles. The molecule has 2 rings (SSSR count). The number of H-pyrrole nitrogens is 1. The van der Waals surface area contributed by atoms with Crippen LogP contribution in [0.2, 0.25) is 0 Å². The van der Waals surface area contributed by atoms with Gasteiger partial charge in [-0.05, 0) is 39.2 Å². The SMILES string of the molecule is COC(=O)c1c(C)[nH]c(C(=O)[C@@H](C)NC2CCCCCCC2)c1C. The highest BCUT2D eigenvalue weighted by Gasteiger charge is 2.26. The molecule has 0 aromatic carbocycles. The van der Waals surface area contributed by atoms with Gasteiger partial charge in [-0.15, -0.1) is 0 Å². The van der Waals surface area contributed by atoms with Crippen molar-refractivity contribution in [1.82, 2.24) is 10.3 Å². The molecule has 1 fully saturated rings. The molecule has 0 spiro atoms. The molecule has 1 heterocycles. The third-order valence-electron chi connectivity index (χ3n) is 5.06. The van der Waals surface area contributed by atoms with Gasteiger partial charge in [-0.1, -0.05) is 32.1 Å². The minimum absolute atomic E-state index is 0.00723. The van der Waals surface area contributed by atoms with Gasteiger partial charge in [0.15, 0.2) is 5.78 Å². The van der Waals surface area contributed by atoms with Gasteiger partial charge in [0, 0.05) is 11.7 Å². The maximum absolute atomic E-state index is 12.8. The summed E-state index contributed by atoms with van der Waals surface area (Å²) >= 11 is 0. The van der Waals surface area contributed by atoms with E-state index in [1.54, 1.807) is 13.8 Å². The summed E-state index contributed by atoms with van der Waals surface area (Å²) in [5.41, 5.74) is 2.34. The number of carbonyl (C=O) groups is 2. The molecule has 1 aromatic rings. The largest absolute Gasteiger partial charge is 0.465 e. The molecule has 1 atom stereocenters. The minimum Gasteiger partial charge on any atom is -0.465 e. The van der Waals surface area contributed by atoms with Crippen molar-refractivity contribution >= 4 is 11.8 Å². The van der Waals surface area contributed by atoms with E-state index in [0.717, 1.165) is 12.8 Å². The Hall–Kier alpha value is -1.62. The van der Waals surface area contributed by atoms with E-state index in [1.807, 2.05) is 6.92 Å². The van der Waals surface area contributed by atoms with Crippen LogP contribution < -0.4 is 5.32 Å². The molecule has 134 valence electrons. The molecule has 0 amide bonds. The van der Waals surface area contributed by atoms with Gasteiger partial charge in [-0.2, -0.15) is 0 Å². The van der Waals surface area contributed by atoms with E-state index in [9.17, 15) is 9.59 Å². The molecule has 1 aliphatic carbocycles. The van der Waals surface area contributed by atoms with Crippen molar-refractivity contribution < 1.29 is 14.3 Å². The van der Waals surface area contributed by atoms with Gasteiger partial charge in [0.1, 0.15) is 0 Å². The fourth-order valence-corrected chi connectivity index (χ4v) is 3.67. The number of hydrogen-bond donors (Lipinski definition) is 2. The number of rotatable bonds is 5. The highest BCUT2D eigenvalue weighted by Crippen LogP contribution is 2.21. The first kappa shape index (κ1) is 18.7. The second-order valence-electron chi connectivity index (χ2n) is 6.91. The highest BCUT2D eigenvalue weighted by molar-refractivity contribution is 6.03. The van der Waals surface area contributed by atoms with Crippen molar-refractivity contribution in [1.29, 1.82) is 0 Å². The van der Waals surface area contributed by atoms with E-state index in [1.165, 1.54) is 39.2 Å². The van der Waals surface area contributed by atoms with E-state index in [0.29, 0.717) is 28.6 Å².